The predicted molar refractivity (Wildman–Crippen MR) is 127 cm³/mol. The standard InChI is InChI=1S/C26H34FN5O/c27-23-8-4-6-20(16-23)22-17-28-26(29-18-22)32-13-5-7-21(19-32)25(33)31-14-9-24(10-15-31)30-11-2-1-3-12-30/h4,6,8,16-18,21,24H,1-3,5,7,9-15,19H2. The van der Waals surface area contributed by atoms with Gasteiger partial charge in [0.25, 0.3) is 0 Å². The molecule has 3 aliphatic heterocycles. The van der Waals surface area contributed by atoms with Crippen molar-refractivity contribution in [2.45, 2.75) is 51.0 Å². The van der Waals surface area contributed by atoms with Crippen LogP contribution in [0.1, 0.15) is 44.9 Å². The van der Waals surface area contributed by atoms with Gasteiger partial charge in [-0.25, -0.2) is 14.4 Å². The lowest BCUT2D eigenvalue weighted by Gasteiger charge is -2.42. The van der Waals surface area contributed by atoms with Crippen LogP contribution >= 0.6 is 0 Å². The van der Waals surface area contributed by atoms with Gasteiger partial charge in [-0.2, -0.15) is 0 Å². The van der Waals surface area contributed by atoms with E-state index >= 15 is 0 Å². The number of hydrogen-bond acceptors (Lipinski definition) is 5. The second kappa shape index (κ2) is 10.2. The molecule has 7 heteroatoms. The van der Waals surface area contributed by atoms with Crippen LogP contribution in [0.4, 0.5) is 10.3 Å². The first-order valence-corrected chi connectivity index (χ1v) is 12.5. The number of aromatic nitrogens is 2. The highest BCUT2D eigenvalue weighted by Gasteiger charge is 2.33. The maximum Gasteiger partial charge on any atom is 0.227 e. The van der Waals surface area contributed by atoms with Crippen LogP contribution in [0.15, 0.2) is 36.7 Å². The smallest absolute Gasteiger partial charge is 0.227 e. The van der Waals surface area contributed by atoms with Crippen LogP contribution in [0.5, 0.6) is 0 Å². The summed E-state index contributed by atoms with van der Waals surface area (Å²) in [5.74, 6) is 0.690. The second-order valence-electron chi connectivity index (χ2n) is 9.72. The highest BCUT2D eigenvalue weighted by atomic mass is 19.1. The summed E-state index contributed by atoms with van der Waals surface area (Å²) >= 11 is 0. The van der Waals surface area contributed by atoms with Gasteiger partial charge in [0.1, 0.15) is 5.82 Å². The second-order valence-corrected chi connectivity index (χ2v) is 9.72. The minimum atomic E-state index is -0.270. The number of hydrogen-bond donors (Lipinski definition) is 0. The van der Waals surface area contributed by atoms with E-state index in [0.29, 0.717) is 24.4 Å². The van der Waals surface area contributed by atoms with E-state index in [1.807, 2.05) is 6.07 Å². The first kappa shape index (κ1) is 22.3. The lowest BCUT2D eigenvalue weighted by Crippen LogP contribution is -2.51. The Morgan fingerprint density at radius 1 is 0.879 bits per heavy atom. The van der Waals surface area contributed by atoms with Crippen LogP contribution in [0, 0.1) is 11.7 Å². The summed E-state index contributed by atoms with van der Waals surface area (Å²) in [5, 5.41) is 0. The van der Waals surface area contributed by atoms with Crippen molar-refractivity contribution in [1.82, 2.24) is 19.8 Å². The Kier molecular flexibility index (Phi) is 6.85. The van der Waals surface area contributed by atoms with Crippen molar-refractivity contribution in [2.75, 3.05) is 44.2 Å². The largest absolute Gasteiger partial charge is 0.342 e. The molecule has 3 saturated heterocycles. The summed E-state index contributed by atoms with van der Waals surface area (Å²) in [6, 6.07) is 7.12. The zero-order valence-corrected chi connectivity index (χ0v) is 19.3. The van der Waals surface area contributed by atoms with Crippen LogP contribution in [-0.2, 0) is 4.79 Å². The molecule has 0 spiro atoms. The molecule has 0 N–H and O–H groups in total. The lowest BCUT2D eigenvalue weighted by molar-refractivity contribution is -0.137. The maximum absolute atomic E-state index is 13.5. The van der Waals surface area contributed by atoms with Crippen molar-refractivity contribution >= 4 is 11.9 Å². The zero-order chi connectivity index (χ0) is 22.6. The van der Waals surface area contributed by atoms with Crippen LogP contribution < -0.4 is 4.90 Å². The monoisotopic (exact) mass is 451 g/mol. The SMILES string of the molecule is O=C(C1CCCN(c2ncc(-c3cccc(F)c3)cn2)C1)N1CCC(N2CCCCC2)CC1. The summed E-state index contributed by atoms with van der Waals surface area (Å²) in [6.45, 7) is 5.76. The number of benzene rings is 1. The third-order valence-electron chi connectivity index (χ3n) is 7.53. The van der Waals surface area contributed by atoms with Gasteiger partial charge >= 0.3 is 0 Å². The minimum absolute atomic E-state index is 0.0109. The Balaban J connectivity index is 1.17. The molecule has 176 valence electrons. The van der Waals surface area contributed by atoms with Gasteiger partial charge in [-0.1, -0.05) is 18.6 Å². The van der Waals surface area contributed by atoms with Gasteiger partial charge in [-0.15, -0.1) is 0 Å². The molecule has 0 radical (unpaired) electrons. The zero-order valence-electron chi connectivity index (χ0n) is 19.3. The Hall–Kier alpha value is -2.54. The maximum atomic E-state index is 13.5. The molecule has 0 saturated carbocycles. The van der Waals surface area contributed by atoms with Gasteiger partial charge in [0.15, 0.2) is 0 Å². The summed E-state index contributed by atoms with van der Waals surface area (Å²) in [6.07, 6.45) is 11.6. The fraction of sp³-hybridized carbons (Fsp3) is 0.577. The predicted octanol–water partition coefficient (Wildman–Crippen LogP) is 3.98. The van der Waals surface area contributed by atoms with E-state index in [2.05, 4.69) is 24.7 Å². The van der Waals surface area contributed by atoms with Gasteiger partial charge in [0.2, 0.25) is 11.9 Å². The number of halogens is 1. The molecular formula is C26H34FN5O. The van der Waals surface area contributed by atoms with Crippen molar-refractivity contribution in [2.24, 2.45) is 5.92 Å². The Morgan fingerprint density at radius 2 is 1.64 bits per heavy atom. The van der Waals surface area contributed by atoms with E-state index in [0.717, 1.165) is 56.4 Å². The molecule has 0 bridgehead atoms. The van der Waals surface area contributed by atoms with Crippen molar-refractivity contribution in [3.05, 3.63) is 42.5 Å². The molecule has 1 atom stereocenters. The number of piperidine rings is 3. The van der Waals surface area contributed by atoms with Crippen LogP contribution in [0.3, 0.4) is 0 Å². The van der Waals surface area contributed by atoms with Crippen LogP contribution in [0.2, 0.25) is 0 Å². The molecule has 3 fully saturated rings. The van der Waals surface area contributed by atoms with Crippen molar-refractivity contribution in [1.29, 1.82) is 0 Å². The topological polar surface area (TPSA) is 52.6 Å². The molecule has 2 aromatic rings. The number of amides is 1. The number of nitrogens with zero attached hydrogens (tertiary/aromatic N) is 5. The van der Waals surface area contributed by atoms with E-state index in [9.17, 15) is 9.18 Å². The summed E-state index contributed by atoms with van der Waals surface area (Å²) in [5.41, 5.74) is 1.56. The van der Waals surface area contributed by atoms with Gasteiger partial charge < -0.3 is 14.7 Å². The van der Waals surface area contributed by atoms with Gasteiger partial charge in [0, 0.05) is 50.2 Å². The van der Waals surface area contributed by atoms with E-state index in [4.69, 9.17) is 0 Å². The van der Waals surface area contributed by atoms with E-state index in [-0.39, 0.29) is 11.7 Å². The highest BCUT2D eigenvalue weighted by molar-refractivity contribution is 5.79. The molecule has 0 aliphatic carbocycles. The van der Waals surface area contributed by atoms with Crippen molar-refractivity contribution in [3.8, 4) is 11.1 Å². The third-order valence-corrected chi connectivity index (χ3v) is 7.53. The average molecular weight is 452 g/mol. The van der Waals surface area contributed by atoms with Crippen LogP contribution in [0.25, 0.3) is 11.1 Å². The van der Waals surface area contributed by atoms with Gasteiger partial charge in [0.05, 0.1) is 5.92 Å². The van der Waals surface area contributed by atoms with Crippen LogP contribution in [-0.4, -0.2) is 71.0 Å². The Bertz CT molecular complexity index is 938. The minimum Gasteiger partial charge on any atom is -0.342 e. The first-order chi connectivity index (χ1) is 16.2. The molecule has 3 aliphatic rings. The third kappa shape index (κ3) is 5.18. The fourth-order valence-corrected chi connectivity index (χ4v) is 5.66. The first-order valence-electron chi connectivity index (χ1n) is 12.5. The fourth-order valence-electron chi connectivity index (χ4n) is 5.66. The average Bonchev–Trinajstić information content (AvgIpc) is 2.89. The van der Waals surface area contributed by atoms with E-state index in [1.165, 1.54) is 44.5 Å². The number of anilines is 1. The summed E-state index contributed by atoms with van der Waals surface area (Å²) in [4.78, 5) is 29.2. The number of carbonyl (C=O) groups is 1. The molecule has 6 nitrogen and oxygen atoms in total. The Labute approximate surface area is 195 Å². The molecule has 4 heterocycles. The van der Waals surface area contributed by atoms with E-state index < -0.39 is 0 Å². The van der Waals surface area contributed by atoms with Crippen molar-refractivity contribution < 1.29 is 9.18 Å². The highest BCUT2D eigenvalue weighted by Crippen LogP contribution is 2.27. The molecular weight excluding hydrogens is 417 g/mol. The number of likely N-dealkylation sites (tertiary alicyclic amines) is 2. The van der Waals surface area contributed by atoms with Crippen molar-refractivity contribution in [3.63, 3.8) is 0 Å². The van der Waals surface area contributed by atoms with Gasteiger partial charge in [-0.3, -0.25) is 4.79 Å². The quantitative estimate of drug-likeness (QED) is 0.704. The summed E-state index contributed by atoms with van der Waals surface area (Å²) < 4.78 is 13.5. The lowest BCUT2D eigenvalue weighted by atomic mass is 9.94. The molecule has 1 aromatic heterocycles. The molecule has 1 unspecified atom stereocenters. The molecule has 33 heavy (non-hydrogen) atoms. The van der Waals surface area contributed by atoms with Gasteiger partial charge in [-0.05, 0) is 69.3 Å². The number of rotatable bonds is 4. The Morgan fingerprint density at radius 3 is 2.36 bits per heavy atom. The molecule has 1 aromatic carbocycles. The number of carbonyl (C=O) groups excluding carboxylic acids is 1. The molecule has 1 amide bonds. The summed E-state index contributed by atoms with van der Waals surface area (Å²) in [7, 11) is 0. The van der Waals surface area contributed by atoms with E-state index in [1.54, 1.807) is 18.5 Å². The normalized spacial score (nSPS) is 23.0. The molecule has 5 rings (SSSR count).